The summed E-state index contributed by atoms with van der Waals surface area (Å²) in [6.45, 7) is 36.3. The molecule has 4 aromatic heterocycles. The Hall–Kier alpha value is -10.2. The van der Waals surface area contributed by atoms with Crippen LogP contribution in [0.2, 0.25) is 0 Å². The quantitative estimate of drug-likeness (QED) is 0.0457. The van der Waals surface area contributed by atoms with Crippen molar-refractivity contribution >= 4 is 95.3 Å². The molecule has 0 aliphatic heterocycles. The minimum Gasteiger partial charge on any atom is -0.383 e. The average molecular weight is 1640 g/mol. The maximum Gasteiger partial charge on any atom is 0.236 e. The van der Waals surface area contributed by atoms with Gasteiger partial charge in [0.1, 0.15) is 6.10 Å². The Labute approximate surface area is 707 Å². The van der Waals surface area contributed by atoms with E-state index in [-0.39, 0.29) is 52.1 Å². The first-order chi connectivity index (χ1) is 56.8. The normalized spacial score (nSPS) is 14.1. The molecule has 4 amide bonds. The summed E-state index contributed by atoms with van der Waals surface area (Å²) in [5.74, 6) is 0.518. The Morgan fingerprint density at radius 3 is 0.776 bits per heavy atom. The van der Waals surface area contributed by atoms with Gasteiger partial charge >= 0.3 is 0 Å². The highest BCUT2D eigenvalue weighted by atomic mass is 32.1. The number of rotatable bonds is 20. The van der Waals surface area contributed by atoms with Gasteiger partial charge in [0.25, 0.3) is 0 Å². The van der Waals surface area contributed by atoms with Crippen LogP contribution >= 0.6 is 45.3 Å². The van der Waals surface area contributed by atoms with Crippen molar-refractivity contribution in [3.8, 4) is 0 Å². The summed E-state index contributed by atoms with van der Waals surface area (Å²) in [5, 5.41) is 24.7. The summed E-state index contributed by atoms with van der Waals surface area (Å²) in [6.07, 6.45) is 13.2. The zero-order chi connectivity index (χ0) is 85.1. The predicted molar refractivity (Wildman–Crippen MR) is 491 cm³/mol. The molecule has 3 atom stereocenters. The lowest BCUT2D eigenvalue weighted by molar-refractivity contribution is -0.119. The van der Waals surface area contributed by atoms with Crippen LogP contribution in [0.5, 0.6) is 0 Å². The third-order valence-corrected chi connectivity index (χ3v) is 23.2. The third kappa shape index (κ3) is 25.9. The third-order valence-electron chi connectivity index (χ3n) is 19.1. The molecule has 0 saturated heterocycles. The Bertz CT molecular complexity index is 4380. The summed E-state index contributed by atoms with van der Waals surface area (Å²) < 4.78 is 0. The van der Waals surface area contributed by atoms with Crippen molar-refractivity contribution in [1.82, 2.24) is 19.9 Å². The second kappa shape index (κ2) is 50.3. The number of nitrogens with one attached hydrogen (secondary N) is 4. The fraction of sp³-hybridized carbons (Fsp3) is 0.337. The molecule has 3 unspecified atom stereocenters. The number of aliphatic hydroxyl groups excluding tert-OH is 1. The summed E-state index contributed by atoms with van der Waals surface area (Å²) in [5.41, 5.74) is 6.62. The molecule has 4 aliphatic carbocycles. The van der Waals surface area contributed by atoms with Crippen molar-refractivity contribution in [2.24, 2.45) is 0 Å². The van der Waals surface area contributed by atoms with Crippen LogP contribution in [-0.2, 0) is 40.8 Å². The van der Waals surface area contributed by atoms with Gasteiger partial charge in [0.15, 0.2) is 20.5 Å². The van der Waals surface area contributed by atoms with Crippen LogP contribution in [0, 0.1) is 0 Å². The van der Waals surface area contributed by atoms with Gasteiger partial charge < -0.3 is 26.4 Å². The summed E-state index contributed by atoms with van der Waals surface area (Å²) in [7, 11) is 0. The van der Waals surface area contributed by atoms with Crippen molar-refractivity contribution in [2.45, 2.75) is 216 Å². The Balaban J connectivity index is 0.000000260. The van der Waals surface area contributed by atoms with Crippen molar-refractivity contribution in [2.75, 3.05) is 21.3 Å². The smallest absolute Gasteiger partial charge is 0.236 e. The Morgan fingerprint density at radius 2 is 0.509 bits per heavy atom. The number of aliphatic hydroxyl groups is 1. The Kier molecular flexibility index (Phi) is 41.8. The molecule has 16 rings (SSSR count). The molecule has 4 heterocycles. The molecule has 14 nitrogen and oxygen atoms in total. The number of carbonyl (C=O) groups excluding carboxylic acids is 5. The van der Waals surface area contributed by atoms with Crippen LogP contribution in [0.25, 0.3) is 0 Å². The van der Waals surface area contributed by atoms with Gasteiger partial charge in [0.2, 0.25) is 29.4 Å². The highest BCUT2D eigenvalue weighted by Crippen LogP contribution is 2.52. The number of hydrogen-bond donors (Lipinski definition) is 5. The van der Waals surface area contributed by atoms with E-state index in [0.29, 0.717) is 35.8 Å². The molecule has 4 fully saturated rings. The summed E-state index contributed by atoms with van der Waals surface area (Å²) in [6, 6.07) is 79.0. The molecule has 614 valence electrons. The first-order valence-corrected chi connectivity index (χ1v) is 44.8. The highest BCUT2D eigenvalue weighted by Gasteiger charge is 2.54. The maximum absolute atomic E-state index is 12.8. The van der Waals surface area contributed by atoms with E-state index in [2.05, 4.69) is 79.3 Å². The van der Waals surface area contributed by atoms with Gasteiger partial charge in [0, 0.05) is 45.7 Å². The lowest BCUT2D eigenvalue weighted by Crippen LogP contribution is -2.27. The van der Waals surface area contributed by atoms with Gasteiger partial charge in [-0.05, 0) is 90.3 Å². The number of amides is 4. The standard InChI is InChI=1S/2C21H20N2OS.C20H18N2O2S.C20H16N2O2S.8C2H6/c2*1-15(16-8-4-2-5-9-16)18-14-22-20(25-18)23-19(24)21(12-13-21)17-10-6-3-7-11-17;2*23-17(14-7-3-1-4-8-14)16-13-21-19(25-16)22-18(24)20(11-12-20)15-9-5-2-6-10-15;8*1-2/h2*2-11,14-15H,12-13H2,1H3,(H,22,23,24);1-10,13,17,23H,11-12H2,(H,21,22,24);1-10,13H,11-12H2,(H,21,22,24);8*1-2H3. The van der Waals surface area contributed by atoms with Crippen LogP contribution in [0.3, 0.4) is 0 Å². The van der Waals surface area contributed by atoms with E-state index in [0.717, 1.165) is 88.9 Å². The molecular formula is C98H122N8O6S4. The number of thiazole rings is 4. The Morgan fingerprint density at radius 1 is 0.293 bits per heavy atom. The molecule has 0 bridgehead atoms. The number of nitrogens with zero attached hydrogens (tertiary/aromatic N) is 4. The van der Waals surface area contributed by atoms with Gasteiger partial charge in [-0.2, -0.15) is 0 Å². The zero-order valence-electron chi connectivity index (χ0n) is 71.2. The second-order valence-corrected chi connectivity index (χ2v) is 29.8. The molecule has 116 heavy (non-hydrogen) atoms. The van der Waals surface area contributed by atoms with Gasteiger partial charge in [-0.25, -0.2) is 19.9 Å². The van der Waals surface area contributed by atoms with Crippen molar-refractivity contribution in [3.63, 3.8) is 0 Å². The zero-order valence-corrected chi connectivity index (χ0v) is 74.5. The molecule has 18 heteroatoms. The van der Waals surface area contributed by atoms with Gasteiger partial charge in [-0.15, -0.1) is 22.7 Å². The van der Waals surface area contributed by atoms with E-state index >= 15 is 0 Å². The summed E-state index contributed by atoms with van der Waals surface area (Å²) in [4.78, 5) is 84.4. The SMILES string of the molecule is CC.CC.CC.CC.CC.CC.CC.CC.CC(c1ccccc1)c1cnc(NC(=O)C2(c3ccccc3)CC2)s1.CC(c1ccccc1)c1cnc(NC(=O)C2(c3ccccc3)CC2)s1.O=C(Nc1ncc(C(O)c2ccccc2)s1)C1(c2ccccc2)CC1.O=C(c1ccccc1)c1cnc(NC(=O)C2(c3ccccc3)CC2)s1. The number of anilines is 4. The molecule has 0 radical (unpaired) electrons. The fourth-order valence-electron chi connectivity index (χ4n) is 12.3. The predicted octanol–water partition coefficient (Wildman–Crippen LogP) is 26.1. The first-order valence-electron chi connectivity index (χ1n) is 41.5. The van der Waals surface area contributed by atoms with Gasteiger partial charge in [-0.1, -0.05) is 390 Å². The fourth-order valence-corrected chi connectivity index (χ4v) is 15.7. The van der Waals surface area contributed by atoms with E-state index in [1.54, 1.807) is 41.0 Å². The van der Waals surface area contributed by atoms with Crippen LogP contribution in [0.1, 0.15) is 263 Å². The van der Waals surface area contributed by atoms with E-state index in [1.165, 1.54) is 40.0 Å². The van der Waals surface area contributed by atoms with E-state index in [1.807, 2.05) is 329 Å². The topological polar surface area (TPSA) is 205 Å². The number of aromatic nitrogens is 4. The lowest BCUT2D eigenvalue weighted by Gasteiger charge is -2.14. The molecule has 12 aromatic rings. The molecule has 0 spiro atoms. The van der Waals surface area contributed by atoms with E-state index in [9.17, 15) is 29.1 Å². The minimum absolute atomic E-state index is 0.0196. The molecule has 4 aliphatic rings. The number of benzene rings is 8. The van der Waals surface area contributed by atoms with Crippen molar-refractivity contribution in [1.29, 1.82) is 0 Å². The number of ketones is 1. The molecule has 4 saturated carbocycles. The first kappa shape index (κ1) is 96.4. The van der Waals surface area contributed by atoms with E-state index < -0.39 is 16.9 Å². The van der Waals surface area contributed by atoms with Crippen molar-refractivity contribution in [3.05, 3.63) is 331 Å². The number of carbonyl (C=O) groups is 5. The molecule has 5 N–H and O–H groups in total. The monoisotopic (exact) mass is 1630 g/mol. The average Bonchev–Trinajstić information content (AvgIpc) is 1.62. The van der Waals surface area contributed by atoms with Crippen LogP contribution in [0.15, 0.2) is 267 Å². The van der Waals surface area contributed by atoms with Gasteiger partial charge in [-0.3, -0.25) is 24.0 Å². The van der Waals surface area contributed by atoms with Crippen LogP contribution in [-0.4, -0.2) is 54.5 Å². The number of hydrogen-bond acceptors (Lipinski definition) is 14. The molecular weight excluding hydrogens is 1510 g/mol. The highest BCUT2D eigenvalue weighted by molar-refractivity contribution is 7.18. The van der Waals surface area contributed by atoms with Crippen LogP contribution in [0.4, 0.5) is 20.5 Å². The molecule has 8 aromatic carbocycles. The van der Waals surface area contributed by atoms with E-state index in [4.69, 9.17) is 0 Å². The van der Waals surface area contributed by atoms with Gasteiger partial charge in [0.05, 0.1) is 37.6 Å². The minimum atomic E-state index is -0.728. The van der Waals surface area contributed by atoms with Crippen LogP contribution < -0.4 is 21.3 Å². The maximum atomic E-state index is 12.8. The van der Waals surface area contributed by atoms with Crippen molar-refractivity contribution < 1.29 is 29.1 Å². The lowest BCUT2D eigenvalue weighted by atomic mass is 9.95. The summed E-state index contributed by atoms with van der Waals surface area (Å²) >= 11 is 5.64. The second-order valence-electron chi connectivity index (χ2n) is 25.6. The largest absolute Gasteiger partial charge is 0.383 e.